The monoisotopic (exact) mass is 332 g/mol. The maximum absolute atomic E-state index is 3.73. The SMILES string of the molecule is Cc1n[c-]ncn1.[U+2]. The summed E-state index contributed by atoms with van der Waals surface area (Å²) in [5, 5.41) is 0. The van der Waals surface area contributed by atoms with E-state index in [0.717, 1.165) is 0 Å². The Morgan fingerprint density at radius 2 is 2.38 bits per heavy atom. The molecule has 0 saturated heterocycles. The van der Waals surface area contributed by atoms with Crippen molar-refractivity contribution >= 4 is 0 Å². The Balaban J connectivity index is 0.000000490. The first-order valence-electron chi connectivity index (χ1n) is 1.91. The zero-order valence-corrected chi connectivity index (χ0v) is 8.58. The summed E-state index contributed by atoms with van der Waals surface area (Å²) in [5.74, 6) is 0.704. The van der Waals surface area contributed by atoms with E-state index in [-0.39, 0.29) is 31.1 Å². The second-order valence-corrected chi connectivity index (χ2v) is 1.13. The van der Waals surface area contributed by atoms with E-state index < -0.39 is 0 Å². The molecule has 0 aliphatic rings. The Morgan fingerprint density at radius 1 is 1.62 bits per heavy atom. The molecule has 38 valence electrons. The topological polar surface area (TPSA) is 38.7 Å². The molecule has 1 rings (SSSR count). The molecule has 1 aromatic heterocycles. The third-order valence-electron chi connectivity index (χ3n) is 0.572. The molecule has 0 unspecified atom stereocenters. The number of rotatable bonds is 0. The Bertz CT molecular complexity index is 141. The number of aryl methyl sites for hydroxylation is 1. The summed E-state index contributed by atoms with van der Waals surface area (Å²) in [6.07, 6.45) is 3.82. The van der Waals surface area contributed by atoms with Crippen LogP contribution in [0.2, 0.25) is 0 Å². The molecule has 0 atom stereocenters. The molecule has 1 aromatic rings. The van der Waals surface area contributed by atoms with Gasteiger partial charge in [0.05, 0.1) is 0 Å². The molecular weight excluding hydrogens is 328 g/mol. The predicted molar refractivity (Wildman–Crippen MR) is 23.4 cm³/mol. The van der Waals surface area contributed by atoms with Gasteiger partial charge in [-0.25, -0.2) is 0 Å². The van der Waals surface area contributed by atoms with Crippen molar-refractivity contribution < 1.29 is 31.1 Å². The van der Waals surface area contributed by atoms with Gasteiger partial charge in [0.15, 0.2) is 0 Å². The molecule has 0 aromatic carbocycles. The van der Waals surface area contributed by atoms with Gasteiger partial charge in [-0.05, 0) is 0 Å². The first-order chi connectivity index (χ1) is 3.39. The smallest absolute Gasteiger partial charge is 0.355 e. The Morgan fingerprint density at radius 3 is 2.62 bits per heavy atom. The van der Waals surface area contributed by atoms with E-state index in [1.54, 1.807) is 6.92 Å². The summed E-state index contributed by atoms with van der Waals surface area (Å²) in [6.45, 7) is 1.79. The molecular formula is C4H4N3U+. The van der Waals surface area contributed by atoms with Crippen molar-refractivity contribution in [3.63, 3.8) is 0 Å². The van der Waals surface area contributed by atoms with Gasteiger partial charge in [-0.1, -0.05) is 6.92 Å². The minimum absolute atomic E-state index is 0. The van der Waals surface area contributed by atoms with Crippen molar-refractivity contribution in [1.29, 1.82) is 0 Å². The molecule has 0 aliphatic carbocycles. The summed E-state index contributed by atoms with van der Waals surface area (Å²) in [7, 11) is 0. The quantitative estimate of drug-likeness (QED) is 0.627. The molecule has 0 spiro atoms. The van der Waals surface area contributed by atoms with Crippen LogP contribution in [-0.2, 0) is 0 Å². The molecule has 4 heteroatoms. The maximum Gasteiger partial charge on any atom is 2.00 e. The molecule has 0 bridgehead atoms. The van der Waals surface area contributed by atoms with Gasteiger partial charge in [0.25, 0.3) is 0 Å². The molecule has 0 fully saturated rings. The molecule has 0 radical (unpaired) electrons. The van der Waals surface area contributed by atoms with Gasteiger partial charge in [-0.2, -0.15) is 0 Å². The molecule has 8 heavy (non-hydrogen) atoms. The zero-order chi connectivity index (χ0) is 5.11. The van der Waals surface area contributed by atoms with E-state index in [1.165, 1.54) is 6.33 Å². The van der Waals surface area contributed by atoms with Crippen LogP contribution in [0.25, 0.3) is 0 Å². The minimum Gasteiger partial charge on any atom is -0.355 e. The Hall–Kier alpha value is 0.0619. The van der Waals surface area contributed by atoms with Crippen molar-refractivity contribution in [3.05, 3.63) is 18.5 Å². The minimum atomic E-state index is 0. The fraction of sp³-hybridized carbons (Fsp3) is 0.250. The Kier molecular flexibility index (Phi) is 4.02. The number of hydrogen-bond donors (Lipinski definition) is 0. The van der Waals surface area contributed by atoms with Gasteiger partial charge in [0.1, 0.15) is 0 Å². The van der Waals surface area contributed by atoms with E-state index in [1.807, 2.05) is 0 Å². The molecule has 0 amide bonds. The third-order valence-corrected chi connectivity index (χ3v) is 0.572. The fourth-order valence-electron chi connectivity index (χ4n) is 0.268. The zero-order valence-electron chi connectivity index (χ0n) is 4.42. The largest absolute Gasteiger partial charge is 2.00 e. The standard InChI is InChI=1S/C4H4N3.U/c1-4-6-2-5-3-7-4;/h2H,1H3;/q-1;+2. The van der Waals surface area contributed by atoms with E-state index >= 15 is 0 Å². The van der Waals surface area contributed by atoms with E-state index in [9.17, 15) is 0 Å². The van der Waals surface area contributed by atoms with Crippen molar-refractivity contribution in [2.24, 2.45) is 0 Å². The van der Waals surface area contributed by atoms with Gasteiger partial charge in [-0.15, -0.1) is 0 Å². The van der Waals surface area contributed by atoms with Crippen LogP contribution >= 0.6 is 0 Å². The molecule has 0 saturated carbocycles. The summed E-state index contributed by atoms with van der Waals surface area (Å²) in [5.41, 5.74) is 0. The first kappa shape index (κ1) is 8.06. The van der Waals surface area contributed by atoms with Crippen molar-refractivity contribution in [2.45, 2.75) is 6.92 Å². The third kappa shape index (κ3) is 2.39. The van der Waals surface area contributed by atoms with Crippen LogP contribution in [0.3, 0.4) is 0 Å². The normalized spacial score (nSPS) is 7.62. The fourth-order valence-corrected chi connectivity index (χ4v) is 0.268. The van der Waals surface area contributed by atoms with E-state index in [0.29, 0.717) is 5.82 Å². The Labute approximate surface area is 71.3 Å². The molecule has 3 nitrogen and oxygen atoms in total. The average molecular weight is 332 g/mol. The van der Waals surface area contributed by atoms with Crippen LogP contribution in [0.15, 0.2) is 6.33 Å². The molecule has 1 heterocycles. The summed E-state index contributed by atoms with van der Waals surface area (Å²) >= 11 is 0. The van der Waals surface area contributed by atoms with Crippen molar-refractivity contribution in [2.75, 3.05) is 0 Å². The van der Waals surface area contributed by atoms with E-state index in [4.69, 9.17) is 0 Å². The first-order valence-corrected chi connectivity index (χ1v) is 1.91. The van der Waals surface area contributed by atoms with Crippen molar-refractivity contribution in [3.8, 4) is 0 Å². The van der Waals surface area contributed by atoms with Gasteiger partial charge in [0, 0.05) is 18.5 Å². The summed E-state index contributed by atoms with van der Waals surface area (Å²) < 4.78 is 0. The van der Waals surface area contributed by atoms with Crippen molar-refractivity contribution in [1.82, 2.24) is 15.0 Å². The van der Waals surface area contributed by atoms with Crippen LogP contribution in [-0.4, -0.2) is 15.0 Å². The van der Waals surface area contributed by atoms with Crippen LogP contribution in [0, 0.1) is 44.4 Å². The summed E-state index contributed by atoms with van der Waals surface area (Å²) in [6, 6.07) is 0. The van der Waals surface area contributed by atoms with Gasteiger partial charge < -0.3 is 15.0 Å². The van der Waals surface area contributed by atoms with Gasteiger partial charge in [0.2, 0.25) is 0 Å². The predicted octanol–water partition coefficient (Wildman–Crippen LogP) is -0.0198. The second kappa shape index (κ2) is 3.99. The number of aromatic nitrogens is 3. The van der Waals surface area contributed by atoms with Gasteiger partial charge >= 0.3 is 31.1 Å². The second-order valence-electron chi connectivity index (χ2n) is 1.13. The maximum atomic E-state index is 3.73. The summed E-state index contributed by atoms with van der Waals surface area (Å²) in [4.78, 5) is 10.9. The number of nitrogens with zero attached hydrogens (tertiary/aromatic N) is 3. The molecule has 0 N–H and O–H groups in total. The van der Waals surface area contributed by atoms with Gasteiger partial charge in [-0.3, -0.25) is 0 Å². The van der Waals surface area contributed by atoms with Crippen LogP contribution in [0.5, 0.6) is 0 Å². The molecule has 0 aliphatic heterocycles. The average Bonchev–Trinajstić information content (AvgIpc) is 1.69. The van der Waals surface area contributed by atoms with Crippen LogP contribution in [0.1, 0.15) is 5.82 Å². The van der Waals surface area contributed by atoms with Crippen LogP contribution in [0.4, 0.5) is 0 Å². The van der Waals surface area contributed by atoms with E-state index in [2.05, 4.69) is 21.3 Å². The van der Waals surface area contributed by atoms with Crippen LogP contribution < -0.4 is 0 Å². The number of hydrogen-bond acceptors (Lipinski definition) is 3.